The van der Waals surface area contributed by atoms with Crippen LogP contribution in [0.5, 0.6) is 0 Å². The molecule has 3 heterocycles. The second-order valence-corrected chi connectivity index (χ2v) is 9.66. The Morgan fingerprint density at radius 2 is 1.95 bits per heavy atom. The van der Waals surface area contributed by atoms with E-state index in [1.54, 1.807) is 17.7 Å². The molecule has 0 unspecified atom stereocenters. The summed E-state index contributed by atoms with van der Waals surface area (Å²) in [5.74, 6) is -6.40. The van der Waals surface area contributed by atoms with Crippen LogP contribution < -0.4 is 10.6 Å². The number of halogens is 3. The van der Waals surface area contributed by atoms with Crippen molar-refractivity contribution in [2.45, 2.75) is 50.6 Å². The number of Topliss-reactive ketones (excluding diaryl/α,β-unsaturated/α-hetero) is 1. The fourth-order valence-electron chi connectivity index (χ4n) is 5.31. The van der Waals surface area contributed by atoms with E-state index in [1.165, 1.54) is 29.9 Å². The third kappa shape index (κ3) is 4.11. The Kier molecular flexibility index (Phi) is 5.85. The van der Waals surface area contributed by atoms with Gasteiger partial charge in [0.15, 0.2) is 0 Å². The van der Waals surface area contributed by atoms with Gasteiger partial charge in [0, 0.05) is 37.8 Å². The Hall–Kier alpha value is -4.47. The predicted octanol–water partition coefficient (Wildman–Crippen LogP) is 2.76. The molecule has 1 aliphatic heterocycles. The molecule has 13 heteroatoms. The summed E-state index contributed by atoms with van der Waals surface area (Å²) in [5.41, 5.74) is -0.469. The Balaban J connectivity index is 1.44. The number of rotatable bonds is 6. The van der Waals surface area contributed by atoms with E-state index >= 15 is 0 Å². The smallest absolute Gasteiger partial charge is 0.294 e. The maximum absolute atomic E-state index is 13.9. The molecular weight excluding hydrogens is 503 g/mol. The number of carbonyl (C=O) groups is 3. The van der Waals surface area contributed by atoms with Crippen molar-refractivity contribution >= 4 is 23.3 Å². The van der Waals surface area contributed by atoms with E-state index in [2.05, 4.69) is 20.9 Å². The average Bonchev–Trinajstić information content (AvgIpc) is 3.54. The van der Waals surface area contributed by atoms with Crippen molar-refractivity contribution in [2.24, 2.45) is 7.05 Å². The number of carbonyl (C=O) groups excluding carboxylic acids is 3. The summed E-state index contributed by atoms with van der Waals surface area (Å²) in [6, 6.07) is 5.26. The normalized spacial score (nSPS) is 16.7. The molecule has 1 fully saturated rings. The van der Waals surface area contributed by atoms with Gasteiger partial charge in [-0.1, -0.05) is 5.21 Å². The first-order valence-corrected chi connectivity index (χ1v) is 11.8. The van der Waals surface area contributed by atoms with Crippen LogP contribution >= 0.6 is 0 Å². The number of alkyl halides is 2. The molecule has 1 aromatic carbocycles. The summed E-state index contributed by atoms with van der Waals surface area (Å²) in [4.78, 5) is 39.7. The van der Waals surface area contributed by atoms with Gasteiger partial charge in [-0.2, -0.15) is 5.26 Å². The van der Waals surface area contributed by atoms with Crippen molar-refractivity contribution in [1.82, 2.24) is 24.9 Å². The molecule has 1 aliphatic carbocycles. The predicted molar refractivity (Wildman–Crippen MR) is 126 cm³/mol. The van der Waals surface area contributed by atoms with E-state index in [1.807, 2.05) is 0 Å². The number of benzene rings is 1. The van der Waals surface area contributed by atoms with E-state index in [-0.39, 0.29) is 33.8 Å². The van der Waals surface area contributed by atoms with Crippen LogP contribution in [-0.2, 0) is 30.3 Å². The highest BCUT2D eigenvalue weighted by molar-refractivity contribution is 6.43. The van der Waals surface area contributed by atoms with Crippen molar-refractivity contribution in [3.05, 3.63) is 64.0 Å². The van der Waals surface area contributed by atoms with E-state index in [0.29, 0.717) is 25.1 Å². The average molecular weight is 525 g/mol. The lowest BCUT2D eigenvalue weighted by Crippen LogP contribution is -2.61. The summed E-state index contributed by atoms with van der Waals surface area (Å²) in [6.07, 6.45) is 1.07. The molecule has 5 rings (SSSR count). The molecule has 0 bridgehead atoms. The lowest BCUT2D eigenvalue weighted by Gasteiger charge is -2.46. The van der Waals surface area contributed by atoms with Crippen molar-refractivity contribution in [3.63, 3.8) is 0 Å². The minimum Gasteiger partial charge on any atom is -0.341 e. The SMILES string of the molecule is Cc1c(C(=O)Nc2ccc(F)c(C#N)c2)c2n(c1C(=O)C(=O)NC1(c3cn(C)nn3)CC(F)(F)C1)CCC2. The maximum Gasteiger partial charge on any atom is 0.294 e. The highest BCUT2D eigenvalue weighted by Crippen LogP contribution is 2.51. The fourth-order valence-corrected chi connectivity index (χ4v) is 5.31. The van der Waals surface area contributed by atoms with Gasteiger partial charge in [0.05, 0.1) is 28.6 Å². The molecule has 0 radical (unpaired) electrons. The largest absolute Gasteiger partial charge is 0.341 e. The van der Waals surface area contributed by atoms with E-state index in [9.17, 15) is 27.6 Å². The first-order chi connectivity index (χ1) is 17.9. The third-order valence-corrected chi connectivity index (χ3v) is 6.97. The minimum atomic E-state index is -3.03. The van der Waals surface area contributed by atoms with Crippen LogP contribution in [0.3, 0.4) is 0 Å². The minimum absolute atomic E-state index is 0.00245. The van der Waals surface area contributed by atoms with Gasteiger partial charge in [-0.15, -0.1) is 5.10 Å². The number of nitrogens with zero attached hydrogens (tertiary/aromatic N) is 5. The third-order valence-electron chi connectivity index (χ3n) is 6.97. The molecule has 2 aliphatic rings. The van der Waals surface area contributed by atoms with Crippen molar-refractivity contribution in [1.29, 1.82) is 5.26 Å². The van der Waals surface area contributed by atoms with Gasteiger partial charge >= 0.3 is 0 Å². The Bertz CT molecular complexity index is 1540. The lowest BCUT2D eigenvalue weighted by molar-refractivity contribution is -0.148. The molecule has 1 saturated carbocycles. The van der Waals surface area contributed by atoms with E-state index < -0.39 is 47.7 Å². The van der Waals surface area contributed by atoms with E-state index in [4.69, 9.17) is 5.26 Å². The van der Waals surface area contributed by atoms with Gasteiger partial charge in [-0.3, -0.25) is 19.1 Å². The topological polar surface area (TPSA) is 135 Å². The highest BCUT2D eigenvalue weighted by Gasteiger charge is 2.60. The van der Waals surface area contributed by atoms with Gasteiger partial charge in [-0.05, 0) is 43.5 Å². The molecule has 0 spiro atoms. The molecule has 3 aromatic rings. The van der Waals surface area contributed by atoms with Crippen molar-refractivity contribution in [3.8, 4) is 6.07 Å². The van der Waals surface area contributed by atoms with Gasteiger partial charge in [-0.25, -0.2) is 13.2 Å². The highest BCUT2D eigenvalue weighted by atomic mass is 19.3. The number of fused-ring (bicyclic) bond motifs is 1. The van der Waals surface area contributed by atoms with Crippen molar-refractivity contribution < 1.29 is 27.6 Å². The quantitative estimate of drug-likeness (QED) is 0.375. The molecule has 2 aromatic heterocycles. The number of amides is 2. The number of ketones is 1. The standard InChI is InChI=1S/C25H22F3N7O3/c1-13-19(22(37)30-15-5-6-16(26)14(8-15)9-29)17-4-3-7-35(17)20(13)21(36)23(38)31-24(11-25(27,28)12-24)18-10-34(2)33-32-18/h5-6,8,10H,3-4,7,11-12H2,1-2H3,(H,30,37)(H,31,38). The summed E-state index contributed by atoms with van der Waals surface area (Å²) < 4.78 is 44.4. The fraction of sp³-hybridized carbons (Fsp3) is 0.360. The van der Waals surface area contributed by atoms with Crippen LogP contribution in [-0.4, -0.2) is 43.1 Å². The van der Waals surface area contributed by atoms with E-state index in [0.717, 1.165) is 6.07 Å². The number of nitriles is 1. The number of hydrogen-bond acceptors (Lipinski definition) is 6. The lowest BCUT2D eigenvalue weighted by atomic mass is 9.71. The molecule has 0 atom stereocenters. The second kappa shape index (κ2) is 8.83. The van der Waals surface area contributed by atoms with Gasteiger partial charge in [0.1, 0.15) is 17.6 Å². The molecule has 0 saturated heterocycles. The number of aryl methyl sites for hydroxylation is 1. The zero-order valence-corrected chi connectivity index (χ0v) is 20.4. The van der Waals surface area contributed by atoms with Crippen LogP contribution in [0.2, 0.25) is 0 Å². The first kappa shape index (κ1) is 25.2. The van der Waals surface area contributed by atoms with Gasteiger partial charge in [0.25, 0.3) is 23.5 Å². The summed E-state index contributed by atoms with van der Waals surface area (Å²) in [7, 11) is 1.56. The number of anilines is 1. The van der Waals surface area contributed by atoms with Crippen LogP contribution in [0.1, 0.15) is 62.6 Å². The zero-order chi connectivity index (χ0) is 27.4. The summed E-state index contributed by atoms with van der Waals surface area (Å²) in [6.45, 7) is 1.92. The van der Waals surface area contributed by atoms with Crippen molar-refractivity contribution in [2.75, 3.05) is 5.32 Å². The van der Waals surface area contributed by atoms with Crippen LogP contribution in [0.15, 0.2) is 24.4 Å². The first-order valence-electron chi connectivity index (χ1n) is 11.8. The Morgan fingerprint density at radius 3 is 2.58 bits per heavy atom. The molecule has 10 nitrogen and oxygen atoms in total. The van der Waals surface area contributed by atoms with Gasteiger partial charge < -0.3 is 15.2 Å². The number of hydrogen-bond donors (Lipinski definition) is 2. The number of nitrogens with one attached hydrogen (secondary N) is 2. The Morgan fingerprint density at radius 1 is 1.21 bits per heavy atom. The Labute approximate surface area is 214 Å². The molecule has 38 heavy (non-hydrogen) atoms. The number of aromatic nitrogens is 4. The summed E-state index contributed by atoms with van der Waals surface area (Å²) >= 11 is 0. The van der Waals surface area contributed by atoms with Gasteiger partial charge in [0.2, 0.25) is 0 Å². The second-order valence-electron chi connectivity index (χ2n) is 9.66. The van der Waals surface area contributed by atoms with Crippen LogP contribution in [0, 0.1) is 24.1 Å². The molecule has 2 N–H and O–H groups in total. The summed E-state index contributed by atoms with van der Waals surface area (Å²) in [5, 5.41) is 21.8. The molecular formula is C25H22F3N7O3. The molecule has 196 valence electrons. The van der Waals surface area contributed by atoms with Crippen LogP contribution in [0.4, 0.5) is 18.9 Å². The monoisotopic (exact) mass is 525 g/mol. The van der Waals surface area contributed by atoms with Crippen LogP contribution in [0.25, 0.3) is 0 Å². The zero-order valence-electron chi connectivity index (χ0n) is 20.4. The molecule has 2 amide bonds. The maximum atomic E-state index is 13.9.